The van der Waals surface area contributed by atoms with Crippen molar-refractivity contribution in [3.63, 3.8) is 0 Å². The number of fused-ring (bicyclic) bond motifs is 5. The number of aryl methyl sites for hydroxylation is 1. The molecule has 3 aromatic rings. The molecule has 338 valence electrons. The smallest absolute Gasteiger partial charge is 0.471 e. The minimum absolute atomic E-state index is 0.0545. The Morgan fingerprint density at radius 3 is 1.98 bits per heavy atom. The molecule has 1 spiro atoms. The number of methoxy groups -OCH3 is 2. The summed E-state index contributed by atoms with van der Waals surface area (Å²) in [5, 5.41) is 20.8. The summed E-state index contributed by atoms with van der Waals surface area (Å²) in [6.07, 6.45) is -3.38. The Morgan fingerprint density at radius 2 is 1.45 bits per heavy atom. The van der Waals surface area contributed by atoms with E-state index in [2.05, 4.69) is 75.4 Å². The van der Waals surface area contributed by atoms with Gasteiger partial charge in [-0.2, -0.15) is 0 Å². The van der Waals surface area contributed by atoms with Crippen LogP contribution in [-0.4, -0.2) is 96.3 Å². The van der Waals surface area contributed by atoms with Gasteiger partial charge in [0, 0.05) is 33.0 Å². The number of carbonyl (C=O) groups is 2. The van der Waals surface area contributed by atoms with Crippen molar-refractivity contribution >= 4 is 39.2 Å². The van der Waals surface area contributed by atoms with Crippen molar-refractivity contribution in [3.05, 3.63) is 58.1 Å². The number of rotatable bonds is 11. The zero-order chi connectivity index (χ0) is 45.3. The van der Waals surface area contributed by atoms with Crippen LogP contribution >= 0.6 is 0 Å². The second kappa shape index (κ2) is 14.8. The molecule has 2 bridgehead atoms. The van der Waals surface area contributed by atoms with Crippen LogP contribution in [0.2, 0.25) is 28.2 Å². The fourth-order valence-electron chi connectivity index (χ4n) is 10.1. The molecular formula is C47H64O13Si2. The van der Waals surface area contributed by atoms with E-state index in [1.54, 1.807) is 14.2 Å². The summed E-state index contributed by atoms with van der Waals surface area (Å²) in [5.74, 6) is -1.24. The quantitative estimate of drug-likeness (QED) is 0.140. The van der Waals surface area contributed by atoms with Gasteiger partial charge in [-0.1, -0.05) is 74.4 Å². The molecule has 3 fully saturated rings. The molecule has 8 rings (SSSR count). The summed E-state index contributed by atoms with van der Waals surface area (Å²) in [6, 6.07) is 9.66. The Bertz CT molecular complexity index is 2280. The van der Waals surface area contributed by atoms with E-state index in [4.69, 9.17) is 41.7 Å². The molecule has 1 aliphatic carbocycles. The maximum atomic E-state index is 15.6. The van der Waals surface area contributed by atoms with E-state index < -0.39 is 81.9 Å². The van der Waals surface area contributed by atoms with Gasteiger partial charge in [0.05, 0.1) is 63.6 Å². The molecule has 3 unspecified atom stereocenters. The van der Waals surface area contributed by atoms with E-state index in [1.165, 1.54) is 0 Å². The van der Waals surface area contributed by atoms with Crippen molar-refractivity contribution in [3.8, 4) is 23.0 Å². The van der Waals surface area contributed by atoms with Gasteiger partial charge >= 0.3 is 8.56 Å². The number of benzene rings is 3. The van der Waals surface area contributed by atoms with Gasteiger partial charge in [0.1, 0.15) is 35.2 Å². The van der Waals surface area contributed by atoms with Crippen molar-refractivity contribution in [2.75, 3.05) is 34.0 Å². The van der Waals surface area contributed by atoms with E-state index >= 15 is 4.79 Å². The Morgan fingerprint density at radius 1 is 0.855 bits per heavy atom. The number of hydrogen-bond acceptors (Lipinski definition) is 13. The number of epoxide rings is 1. The first kappa shape index (κ1) is 45.2. The van der Waals surface area contributed by atoms with Gasteiger partial charge in [0.25, 0.3) is 0 Å². The molecule has 62 heavy (non-hydrogen) atoms. The van der Waals surface area contributed by atoms with Gasteiger partial charge < -0.3 is 51.9 Å². The lowest BCUT2D eigenvalue weighted by Crippen LogP contribution is -2.64. The monoisotopic (exact) mass is 892 g/mol. The predicted molar refractivity (Wildman–Crippen MR) is 236 cm³/mol. The van der Waals surface area contributed by atoms with E-state index in [0.717, 1.165) is 16.9 Å². The van der Waals surface area contributed by atoms with Crippen LogP contribution in [0, 0.1) is 12.8 Å². The standard InChI is InChI=1S/C47H64O13Si2/c1-25-19-29-33-38(32(25)40-41-42(51)46(24-55-46)47(56-40,57-41)27(21-48)22-49)59-62(44(5,6)7,45(8,9)10)60-39(33)35-34(37(29)53-12)30(54-23-26-15-17-28(52-11)18-16-26)20-31(36(35)50)58-61(13,14)43(2,3)4/h15-19,27,30-31,40-41,48-49H,20-24H2,1-14H3/t30-,31-,40?,41?,46-,47?/m0/s1. The third-order valence-corrected chi connectivity index (χ3v) is 23.8. The van der Waals surface area contributed by atoms with E-state index in [-0.39, 0.29) is 36.2 Å². The number of aliphatic hydroxyl groups is 2. The largest absolute Gasteiger partial charge is 0.510 e. The SMILES string of the molecule is COc1ccc(CO[C@H]2C[C@H](O[Si](C)(C)C(C)(C)C)C(=O)c3c2c(OC)c2cc(C)c(C4OC5(C(CO)CO)OC4C(=O)[C@@]54CO4)c4c2c3O[Si](C(C)(C)C)(C(C)(C)C)O4)cc1. The van der Waals surface area contributed by atoms with E-state index in [1.807, 2.05) is 37.3 Å². The minimum atomic E-state index is -3.61. The second-order valence-electron chi connectivity index (χ2n) is 21.2. The zero-order valence-electron chi connectivity index (χ0n) is 38.7. The third-order valence-electron chi connectivity index (χ3n) is 14.3. The van der Waals surface area contributed by atoms with E-state index in [9.17, 15) is 15.0 Å². The van der Waals surface area contributed by atoms with Gasteiger partial charge in [-0.15, -0.1) is 0 Å². The van der Waals surface area contributed by atoms with Crippen molar-refractivity contribution in [2.24, 2.45) is 5.92 Å². The number of Topliss-reactive ketones (excluding diaryl/α,β-unsaturated/α-hetero) is 2. The lowest BCUT2D eigenvalue weighted by molar-refractivity contribution is -0.239. The zero-order valence-corrected chi connectivity index (χ0v) is 40.7. The van der Waals surface area contributed by atoms with Crippen molar-refractivity contribution in [1.82, 2.24) is 0 Å². The van der Waals surface area contributed by atoms with Crippen molar-refractivity contribution < 1.29 is 61.5 Å². The summed E-state index contributed by atoms with van der Waals surface area (Å²) in [6.45, 7) is 24.6. The Hall–Kier alpha value is -3.39. The highest BCUT2D eigenvalue weighted by Crippen LogP contribution is 2.66. The average Bonchev–Trinajstić information content (AvgIpc) is 3.86. The molecule has 6 atom stereocenters. The Labute approximate surface area is 367 Å². The summed E-state index contributed by atoms with van der Waals surface area (Å²) in [5.41, 5.74) is 1.70. The molecule has 4 heterocycles. The molecule has 0 saturated carbocycles. The highest BCUT2D eigenvalue weighted by molar-refractivity contribution is 6.75. The summed E-state index contributed by atoms with van der Waals surface area (Å²) in [4.78, 5) is 29.9. The summed E-state index contributed by atoms with van der Waals surface area (Å²) >= 11 is 0. The molecule has 3 saturated heterocycles. The van der Waals surface area contributed by atoms with Gasteiger partial charge in [-0.05, 0) is 54.4 Å². The minimum Gasteiger partial charge on any atom is -0.510 e. The van der Waals surface area contributed by atoms with Crippen LogP contribution in [0.15, 0.2) is 30.3 Å². The van der Waals surface area contributed by atoms with Crippen LogP contribution in [-0.2, 0) is 34.8 Å². The van der Waals surface area contributed by atoms with Crippen LogP contribution < -0.4 is 18.3 Å². The molecule has 5 aliphatic rings. The maximum absolute atomic E-state index is 15.6. The summed E-state index contributed by atoms with van der Waals surface area (Å²) < 4.78 is 59.9. The molecule has 0 radical (unpaired) electrons. The normalized spacial score (nSPS) is 27.8. The van der Waals surface area contributed by atoms with Gasteiger partial charge in [-0.3, -0.25) is 9.59 Å². The molecule has 13 nitrogen and oxygen atoms in total. The highest BCUT2D eigenvalue weighted by Gasteiger charge is 2.83. The van der Waals surface area contributed by atoms with Crippen LogP contribution in [0.25, 0.3) is 10.8 Å². The van der Waals surface area contributed by atoms with Crippen LogP contribution in [0.5, 0.6) is 23.0 Å². The first-order valence-corrected chi connectivity index (χ1v) is 26.4. The maximum Gasteiger partial charge on any atom is 0.471 e. The summed E-state index contributed by atoms with van der Waals surface area (Å²) in [7, 11) is -2.92. The van der Waals surface area contributed by atoms with Crippen LogP contribution in [0.1, 0.15) is 114 Å². The topological polar surface area (TPSA) is 161 Å². The Kier molecular flexibility index (Phi) is 10.8. The third kappa shape index (κ3) is 6.38. The van der Waals surface area contributed by atoms with Crippen molar-refractivity contribution in [2.45, 2.75) is 146 Å². The molecule has 0 amide bonds. The van der Waals surface area contributed by atoms with Gasteiger partial charge in [0.15, 0.2) is 20.2 Å². The molecule has 2 N–H and O–H groups in total. The first-order chi connectivity index (χ1) is 28.9. The van der Waals surface area contributed by atoms with E-state index in [0.29, 0.717) is 44.7 Å². The fourth-order valence-corrected chi connectivity index (χ4v) is 15.9. The van der Waals surface area contributed by atoms with Gasteiger partial charge in [0.2, 0.25) is 17.2 Å². The Balaban J connectivity index is 1.41. The first-order valence-electron chi connectivity index (χ1n) is 21.7. The number of carbonyl (C=O) groups excluding carboxylic acids is 2. The molecule has 3 aromatic carbocycles. The predicted octanol–water partition coefficient (Wildman–Crippen LogP) is 8.32. The number of ether oxygens (including phenoxy) is 6. The molecule has 15 heteroatoms. The molecule has 4 aliphatic heterocycles. The lowest BCUT2D eigenvalue weighted by Gasteiger charge is -2.52. The van der Waals surface area contributed by atoms with Crippen LogP contribution in [0.3, 0.4) is 0 Å². The fraction of sp³-hybridized carbons (Fsp3) is 0.617. The van der Waals surface area contributed by atoms with Crippen molar-refractivity contribution in [1.29, 1.82) is 0 Å². The average molecular weight is 893 g/mol. The number of aliphatic hydroxyl groups excluding tert-OH is 2. The van der Waals surface area contributed by atoms with Gasteiger partial charge in [-0.25, -0.2) is 0 Å². The highest BCUT2D eigenvalue weighted by atomic mass is 28.4. The number of hydrogen-bond donors (Lipinski definition) is 2. The second-order valence-corrected chi connectivity index (χ2v) is 30.6. The van der Waals surface area contributed by atoms with Crippen LogP contribution in [0.4, 0.5) is 0 Å². The lowest BCUT2D eigenvalue weighted by atomic mass is 9.79. The molecular weight excluding hydrogens is 829 g/mol. The molecule has 0 aromatic heterocycles. The number of ketones is 2.